The van der Waals surface area contributed by atoms with Crippen molar-refractivity contribution in [3.63, 3.8) is 0 Å². The van der Waals surface area contributed by atoms with E-state index in [-0.39, 0.29) is 0 Å². The van der Waals surface area contributed by atoms with Crippen LogP contribution in [0.15, 0.2) is 30.7 Å². The monoisotopic (exact) mass is 242 g/mol. The fourth-order valence-electron chi connectivity index (χ4n) is 2.75. The van der Waals surface area contributed by atoms with Crippen molar-refractivity contribution < 1.29 is 0 Å². The lowest BCUT2D eigenvalue weighted by Crippen LogP contribution is -2.19. The van der Waals surface area contributed by atoms with Crippen LogP contribution >= 0.6 is 0 Å². The van der Waals surface area contributed by atoms with Gasteiger partial charge in [-0.3, -0.25) is 9.67 Å². The Bertz CT molecular complexity index is 518. The van der Waals surface area contributed by atoms with Crippen LogP contribution in [0.5, 0.6) is 0 Å². The third-order valence-electron chi connectivity index (χ3n) is 3.75. The lowest BCUT2D eigenvalue weighted by molar-refractivity contribution is 0.531. The van der Waals surface area contributed by atoms with Gasteiger partial charge in [-0.05, 0) is 55.0 Å². The summed E-state index contributed by atoms with van der Waals surface area (Å²) in [5, 5.41) is 4.53. The molecule has 0 spiro atoms. The fourth-order valence-corrected chi connectivity index (χ4v) is 2.75. The summed E-state index contributed by atoms with van der Waals surface area (Å²) in [5.74, 6) is 0.500. The van der Waals surface area contributed by atoms with E-state index in [0.29, 0.717) is 5.92 Å². The quantitative estimate of drug-likeness (QED) is 0.891. The molecular formula is C14H18N4. The standard InChI is InChI=1S/C14H18N4/c15-8-12-2-1-3-14-13(12)9-17-18(14)10-11-4-6-16-7-5-11/h4-7,9,12H,1-3,8,10,15H2. The highest BCUT2D eigenvalue weighted by atomic mass is 15.3. The van der Waals surface area contributed by atoms with Gasteiger partial charge in [-0.15, -0.1) is 0 Å². The molecule has 1 aliphatic carbocycles. The minimum atomic E-state index is 0.500. The van der Waals surface area contributed by atoms with Crippen LogP contribution in [0.1, 0.15) is 35.6 Å². The second-order valence-electron chi connectivity index (χ2n) is 4.88. The average molecular weight is 242 g/mol. The van der Waals surface area contributed by atoms with E-state index < -0.39 is 0 Å². The van der Waals surface area contributed by atoms with E-state index in [1.807, 2.05) is 30.7 Å². The summed E-state index contributed by atoms with van der Waals surface area (Å²) in [5.41, 5.74) is 9.80. The van der Waals surface area contributed by atoms with Crippen LogP contribution in [-0.4, -0.2) is 21.3 Å². The Morgan fingerprint density at radius 1 is 1.33 bits per heavy atom. The molecule has 2 aromatic rings. The topological polar surface area (TPSA) is 56.7 Å². The number of nitrogens with two attached hydrogens (primary N) is 1. The van der Waals surface area contributed by atoms with E-state index >= 15 is 0 Å². The first-order valence-corrected chi connectivity index (χ1v) is 6.52. The summed E-state index contributed by atoms with van der Waals surface area (Å²) >= 11 is 0. The number of nitrogens with zero attached hydrogens (tertiary/aromatic N) is 3. The molecule has 2 N–H and O–H groups in total. The van der Waals surface area contributed by atoms with Gasteiger partial charge >= 0.3 is 0 Å². The zero-order valence-electron chi connectivity index (χ0n) is 10.4. The van der Waals surface area contributed by atoms with Crippen molar-refractivity contribution in [2.75, 3.05) is 6.54 Å². The molecule has 94 valence electrons. The smallest absolute Gasteiger partial charge is 0.0663 e. The van der Waals surface area contributed by atoms with Crippen LogP contribution in [-0.2, 0) is 13.0 Å². The van der Waals surface area contributed by atoms with Crippen LogP contribution in [0.3, 0.4) is 0 Å². The molecule has 2 heterocycles. The summed E-state index contributed by atoms with van der Waals surface area (Å²) in [7, 11) is 0. The second-order valence-corrected chi connectivity index (χ2v) is 4.88. The van der Waals surface area contributed by atoms with Crippen molar-refractivity contribution in [2.24, 2.45) is 5.73 Å². The maximum atomic E-state index is 5.83. The molecule has 0 amide bonds. The zero-order valence-corrected chi connectivity index (χ0v) is 10.4. The van der Waals surface area contributed by atoms with Gasteiger partial charge in [0.2, 0.25) is 0 Å². The molecule has 4 heteroatoms. The van der Waals surface area contributed by atoms with Gasteiger partial charge in [0.25, 0.3) is 0 Å². The molecule has 3 rings (SSSR count). The Labute approximate surface area is 107 Å². The highest BCUT2D eigenvalue weighted by molar-refractivity contribution is 5.26. The van der Waals surface area contributed by atoms with E-state index in [2.05, 4.69) is 14.8 Å². The molecule has 4 nitrogen and oxygen atoms in total. The second kappa shape index (κ2) is 4.90. The van der Waals surface area contributed by atoms with Gasteiger partial charge in [0, 0.05) is 18.1 Å². The lowest BCUT2D eigenvalue weighted by Gasteiger charge is -2.21. The first-order valence-electron chi connectivity index (χ1n) is 6.52. The van der Waals surface area contributed by atoms with Gasteiger partial charge in [0.15, 0.2) is 0 Å². The molecule has 2 aromatic heterocycles. The summed E-state index contributed by atoms with van der Waals surface area (Å²) < 4.78 is 2.12. The van der Waals surface area contributed by atoms with Gasteiger partial charge in [-0.1, -0.05) is 0 Å². The molecule has 0 aromatic carbocycles. The van der Waals surface area contributed by atoms with Crippen LogP contribution in [0.4, 0.5) is 0 Å². The first-order chi connectivity index (χ1) is 8.88. The molecule has 0 saturated heterocycles. The summed E-state index contributed by atoms with van der Waals surface area (Å²) in [6.07, 6.45) is 9.20. The fraction of sp³-hybridized carbons (Fsp3) is 0.429. The Balaban J connectivity index is 1.88. The molecule has 1 unspecified atom stereocenters. The maximum Gasteiger partial charge on any atom is 0.0663 e. The molecule has 18 heavy (non-hydrogen) atoms. The minimum absolute atomic E-state index is 0.500. The summed E-state index contributed by atoms with van der Waals surface area (Å²) in [6.45, 7) is 1.56. The molecule has 1 aliphatic rings. The SMILES string of the molecule is NCC1CCCc2c1cnn2Cc1ccncc1. The number of rotatable bonds is 3. The van der Waals surface area contributed by atoms with Gasteiger partial charge in [-0.25, -0.2) is 0 Å². The molecule has 0 bridgehead atoms. The van der Waals surface area contributed by atoms with E-state index in [1.165, 1.54) is 29.7 Å². The van der Waals surface area contributed by atoms with Crippen molar-refractivity contribution in [1.82, 2.24) is 14.8 Å². The first kappa shape index (κ1) is 11.4. The number of fused-ring (bicyclic) bond motifs is 1. The van der Waals surface area contributed by atoms with Crippen molar-refractivity contribution >= 4 is 0 Å². The van der Waals surface area contributed by atoms with Crippen molar-refractivity contribution in [1.29, 1.82) is 0 Å². The zero-order chi connectivity index (χ0) is 12.4. The van der Waals surface area contributed by atoms with Crippen LogP contribution in [0.2, 0.25) is 0 Å². The maximum absolute atomic E-state index is 5.83. The highest BCUT2D eigenvalue weighted by Crippen LogP contribution is 2.30. The highest BCUT2D eigenvalue weighted by Gasteiger charge is 2.22. The third-order valence-corrected chi connectivity index (χ3v) is 3.75. The predicted octanol–water partition coefficient (Wildman–Crippen LogP) is 1.70. The minimum Gasteiger partial charge on any atom is -0.330 e. The van der Waals surface area contributed by atoms with Crippen LogP contribution < -0.4 is 5.73 Å². The lowest BCUT2D eigenvalue weighted by atomic mass is 9.87. The molecule has 0 saturated carbocycles. The van der Waals surface area contributed by atoms with Gasteiger partial charge < -0.3 is 5.73 Å². The Hall–Kier alpha value is -1.68. The van der Waals surface area contributed by atoms with E-state index in [4.69, 9.17) is 5.73 Å². The van der Waals surface area contributed by atoms with Gasteiger partial charge in [0.05, 0.1) is 12.7 Å². The normalized spacial score (nSPS) is 18.6. The predicted molar refractivity (Wildman–Crippen MR) is 70.3 cm³/mol. The van der Waals surface area contributed by atoms with Crippen molar-refractivity contribution in [2.45, 2.75) is 31.7 Å². The molecule has 0 fully saturated rings. The summed E-state index contributed by atoms with van der Waals surface area (Å²) in [4.78, 5) is 4.04. The number of hydrogen-bond donors (Lipinski definition) is 1. The van der Waals surface area contributed by atoms with Gasteiger partial charge in [0.1, 0.15) is 0 Å². The van der Waals surface area contributed by atoms with Crippen LogP contribution in [0, 0.1) is 0 Å². The van der Waals surface area contributed by atoms with E-state index in [1.54, 1.807) is 0 Å². The number of pyridine rings is 1. The van der Waals surface area contributed by atoms with Crippen molar-refractivity contribution in [3.05, 3.63) is 47.5 Å². The average Bonchev–Trinajstić information content (AvgIpc) is 2.83. The van der Waals surface area contributed by atoms with Gasteiger partial charge in [-0.2, -0.15) is 5.10 Å². The largest absolute Gasteiger partial charge is 0.330 e. The van der Waals surface area contributed by atoms with Crippen molar-refractivity contribution in [3.8, 4) is 0 Å². The number of hydrogen-bond acceptors (Lipinski definition) is 3. The Kier molecular flexibility index (Phi) is 3.11. The van der Waals surface area contributed by atoms with E-state index in [0.717, 1.165) is 19.5 Å². The Morgan fingerprint density at radius 2 is 2.17 bits per heavy atom. The van der Waals surface area contributed by atoms with Crippen LogP contribution in [0.25, 0.3) is 0 Å². The molecule has 1 atom stereocenters. The number of aromatic nitrogens is 3. The molecular weight excluding hydrogens is 224 g/mol. The molecule has 0 radical (unpaired) electrons. The van der Waals surface area contributed by atoms with E-state index in [9.17, 15) is 0 Å². The molecule has 0 aliphatic heterocycles. The summed E-state index contributed by atoms with van der Waals surface area (Å²) in [6, 6.07) is 4.08. The Morgan fingerprint density at radius 3 is 2.94 bits per heavy atom. The third kappa shape index (κ3) is 2.04.